The Morgan fingerprint density at radius 3 is 1.85 bits per heavy atom. The van der Waals surface area contributed by atoms with Crippen molar-refractivity contribution in [1.29, 1.82) is 0 Å². The third-order valence-electron chi connectivity index (χ3n) is 5.47. The van der Waals surface area contributed by atoms with Crippen LogP contribution >= 0.6 is 0 Å². The zero-order valence-corrected chi connectivity index (χ0v) is 19.7. The van der Waals surface area contributed by atoms with E-state index in [0.29, 0.717) is 16.7 Å². The zero-order valence-electron chi connectivity index (χ0n) is 17.7. The van der Waals surface area contributed by atoms with E-state index in [1.165, 1.54) is 0 Å². The number of H-pyrrole nitrogens is 2. The Morgan fingerprint density at radius 2 is 1.18 bits per heavy atom. The molecule has 0 amide bonds. The van der Waals surface area contributed by atoms with Crippen LogP contribution in [0.2, 0.25) is 0 Å². The largest absolute Gasteiger partial charge is 0.355 e. The van der Waals surface area contributed by atoms with Crippen LogP contribution in [0.1, 0.15) is 22.8 Å². The van der Waals surface area contributed by atoms with E-state index in [9.17, 15) is 8.42 Å². The van der Waals surface area contributed by atoms with E-state index in [-0.39, 0.29) is 26.9 Å². The van der Waals surface area contributed by atoms with Crippen LogP contribution in [0.25, 0.3) is 46.4 Å². The van der Waals surface area contributed by atoms with Gasteiger partial charge in [0, 0.05) is 33.6 Å². The summed E-state index contributed by atoms with van der Waals surface area (Å²) >= 11 is 0. The van der Waals surface area contributed by atoms with Crippen LogP contribution in [0.3, 0.4) is 0 Å². The van der Waals surface area contributed by atoms with Gasteiger partial charge in [-0.1, -0.05) is 18.2 Å². The molecule has 6 rings (SSSR count). The predicted molar refractivity (Wildman–Crippen MR) is 131 cm³/mol. The summed E-state index contributed by atoms with van der Waals surface area (Å²) < 4.78 is 26.9. The number of hydrogen-bond donors (Lipinski definition) is 2. The first-order valence-corrected chi connectivity index (χ1v) is 11.9. The Hall–Kier alpha value is -3.71. The summed E-state index contributed by atoms with van der Waals surface area (Å²) in [5.74, 6) is 0. The summed E-state index contributed by atoms with van der Waals surface area (Å²) in [6.07, 6.45) is 7.65. The van der Waals surface area contributed by atoms with Gasteiger partial charge in [0.15, 0.2) is 0 Å². The van der Waals surface area contributed by atoms with Crippen LogP contribution in [-0.4, -0.2) is 28.4 Å². The first-order chi connectivity index (χ1) is 16.0. The minimum atomic E-state index is -3.73. The van der Waals surface area contributed by atoms with Crippen molar-refractivity contribution in [2.75, 3.05) is 0 Å². The Morgan fingerprint density at radius 1 is 0.588 bits per heavy atom. The maximum atomic E-state index is 13.4. The number of nitrogens with one attached hydrogen (secondary N) is 2. The maximum Gasteiger partial charge on any atom is 0.208 e. The van der Waals surface area contributed by atoms with Crippen LogP contribution in [0, 0.1) is 0 Å². The van der Waals surface area contributed by atoms with E-state index >= 15 is 0 Å². The van der Waals surface area contributed by atoms with Gasteiger partial charge in [-0.2, -0.15) is 0 Å². The van der Waals surface area contributed by atoms with Crippen molar-refractivity contribution in [3.8, 4) is 0 Å². The molecule has 6 nitrogen and oxygen atoms in total. The monoisotopic (exact) mass is 505 g/mol. The van der Waals surface area contributed by atoms with Crippen molar-refractivity contribution >= 4 is 56.2 Å². The molecule has 3 aromatic heterocycles. The average Bonchev–Trinajstić information content (AvgIpc) is 3.59. The third kappa shape index (κ3) is 4.15. The minimum Gasteiger partial charge on any atom is -0.355 e. The molecule has 34 heavy (non-hydrogen) atoms. The summed E-state index contributed by atoms with van der Waals surface area (Å²) in [7, 11) is -3.73. The summed E-state index contributed by atoms with van der Waals surface area (Å²) in [4.78, 5) is 16.3. The van der Waals surface area contributed by atoms with Gasteiger partial charge in [-0.15, -0.1) is 0 Å². The molecule has 1 aromatic carbocycles. The summed E-state index contributed by atoms with van der Waals surface area (Å²) in [5.41, 5.74) is 5.97. The van der Waals surface area contributed by atoms with Crippen molar-refractivity contribution in [2.45, 2.75) is 9.79 Å². The number of rotatable bonds is 2. The Labute approximate surface area is 206 Å². The topological polar surface area (TPSA) is 91.5 Å². The Balaban J connectivity index is 0.00000241. The second kappa shape index (κ2) is 8.57. The molecule has 2 aliphatic heterocycles. The average molecular weight is 505 g/mol. The molecular weight excluding hydrogens is 487 g/mol. The Kier molecular flexibility index (Phi) is 5.57. The number of benzene rings is 1. The molecule has 0 unspecified atom stereocenters. The van der Waals surface area contributed by atoms with Gasteiger partial charge in [0.1, 0.15) is 0 Å². The zero-order chi connectivity index (χ0) is 22.4. The molecule has 4 aromatic rings. The smallest absolute Gasteiger partial charge is 0.208 e. The molecule has 0 saturated carbocycles. The number of sulfone groups is 1. The quantitative estimate of drug-likeness (QED) is 0.305. The first-order valence-electron chi connectivity index (χ1n) is 10.4. The van der Waals surface area contributed by atoms with Gasteiger partial charge in [0.25, 0.3) is 0 Å². The van der Waals surface area contributed by atoms with Gasteiger partial charge in [-0.25, -0.2) is 18.4 Å². The minimum absolute atomic E-state index is 0. The fraction of sp³-hybridized carbons (Fsp3) is 0. The van der Waals surface area contributed by atoms with E-state index in [2.05, 4.69) is 19.9 Å². The van der Waals surface area contributed by atoms with E-state index in [4.69, 9.17) is 0 Å². The Bertz CT molecular complexity index is 1730. The second-order valence-corrected chi connectivity index (χ2v) is 9.77. The molecule has 0 atom stereocenters. The number of hydrogen-bond acceptors (Lipinski definition) is 4. The predicted octanol–water partition coefficient (Wildman–Crippen LogP) is 5.49. The number of aromatic amines is 2. The van der Waals surface area contributed by atoms with Gasteiger partial charge in [0.2, 0.25) is 9.84 Å². The maximum absolute atomic E-state index is 13.4. The van der Waals surface area contributed by atoms with Crippen LogP contribution in [-0.2, 0) is 26.9 Å². The molecule has 0 saturated heterocycles. The second-order valence-electron chi connectivity index (χ2n) is 7.86. The van der Waals surface area contributed by atoms with E-state index in [1.807, 2.05) is 54.6 Å². The van der Waals surface area contributed by atoms with E-state index in [1.54, 1.807) is 42.5 Å². The van der Waals surface area contributed by atoms with Crippen molar-refractivity contribution in [1.82, 2.24) is 19.9 Å². The SMILES string of the molecule is O=S(=O)(c1ccccc1)c1cc2cc3ccc(cc4nc(cc5nc(cc1[nH]2)C=C5)C=C4)[nH]3.[Mn]. The van der Waals surface area contributed by atoms with Crippen LogP contribution < -0.4 is 0 Å². The third-order valence-corrected chi connectivity index (χ3v) is 7.28. The van der Waals surface area contributed by atoms with Crippen LogP contribution in [0.4, 0.5) is 0 Å². The van der Waals surface area contributed by atoms with Gasteiger partial charge in [-0.05, 0) is 78.9 Å². The molecule has 1 radical (unpaired) electrons. The normalized spacial score (nSPS) is 12.5. The molecule has 0 fully saturated rings. The van der Waals surface area contributed by atoms with Gasteiger partial charge in [0.05, 0.1) is 38.1 Å². The number of aromatic nitrogens is 4. The van der Waals surface area contributed by atoms with Gasteiger partial charge < -0.3 is 9.97 Å². The molecule has 2 N–H and O–H groups in total. The number of nitrogens with zero attached hydrogens (tertiary/aromatic N) is 2. The van der Waals surface area contributed by atoms with Crippen molar-refractivity contribution in [3.63, 3.8) is 0 Å². The number of fused-ring (bicyclic) bond motifs is 8. The first kappa shape index (κ1) is 22.1. The molecule has 0 aliphatic carbocycles. The molecule has 8 heteroatoms. The molecular formula is C26H18MnN4O2S. The van der Waals surface area contributed by atoms with Crippen molar-refractivity contribution in [3.05, 3.63) is 95.6 Å². The standard InChI is InChI=1S/C26H18N4O2S.Mn/c31-33(32,24-4-2-1-3-5-24)26-16-23-14-21-9-8-19(28-21)12-17-6-7-18(27-17)13-20-10-11-22(29-20)15-25(26)30-23;/h1-16,28,30H;. The van der Waals surface area contributed by atoms with Gasteiger partial charge in [-0.3, -0.25) is 0 Å². The summed E-state index contributed by atoms with van der Waals surface area (Å²) in [6, 6.07) is 21.5. The van der Waals surface area contributed by atoms with Crippen LogP contribution in [0.5, 0.6) is 0 Å². The fourth-order valence-corrected chi connectivity index (χ4v) is 5.39. The van der Waals surface area contributed by atoms with Crippen molar-refractivity contribution < 1.29 is 25.5 Å². The molecule has 5 heterocycles. The molecule has 0 spiro atoms. The van der Waals surface area contributed by atoms with Crippen molar-refractivity contribution in [2.24, 2.45) is 0 Å². The molecule has 2 aliphatic rings. The fourth-order valence-electron chi connectivity index (χ4n) is 3.94. The van der Waals surface area contributed by atoms with Crippen LogP contribution in [0.15, 0.2) is 82.6 Å². The van der Waals surface area contributed by atoms with E-state index < -0.39 is 9.84 Å². The van der Waals surface area contributed by atoms with E-state index in [0.717, 1.165) is 28.1 Å². The molecule has 8 bridgehead atoms. The summed E-state index contributed by atoms with van der Waals surface area (Å²) in [6.45, 7) is 0. The summed E-state index contributed by atoms with van der Waals surface area (Å²) in [5, 5.41) is 0. The van der Waals surface area contributed by atoms with Gasteiger partial charge >= 0.3 is 0 Å². The molecule has 167 valence electrons.